The Kier molecular flexibility index (Phi) is 4.76. The van der Waals surface area contributed by atoms with E-state index in [0.29, 0.717) is 0 Å². The minimum Gasteiger partial charge on any atom is -0.0901 e. The SMILES string of the molecule is C=C(SC(=C)c1ccc(Cl)cc1)c1ccc(Cl)cc1. The van der Waals surface area contributed by atoms with Gasteiger partial charge in [0.05, 0.1) is 0 Å². The van der Waals surface area contributed by atoms with Crippen molar-refractivity contribution in [1.29, 1.82) is 0 Å². The van der Waals surface area contributed by atoms with Gasteiger partial charge in [-0.25, -0.2) is 0 Å². The molecule has 2 rings (SSSR count). The lowest BCUT2D eigenvalue weighted by Crippen LogP contribution is -1.81. The average Bonchev–Trinajstić information content (AvgIpc) is 2.40. The monoisotopic (exact) mass is 306 g/mol. The lowest BCUT2D eigenvalue weighted by molar-refractivity contribution is 1.65. The van der Waals surface area contributed by atoms with E-state index in [4.69, 9.17) is 23.2 Å². The molecule has 0 nitrogen and oxygen atoms in total. The van der Waals surface area contributed by atoms with Gasteiger partial charge in [0.25, 0.3) is 0 Å². The molecular formula is C16H12Cl2S. The minimum absolute atomic E-state index is 0.720. The smallest absolute Gasteiger partial charge is 0.0406 e. The van der Waals surface area contributed by atoms with Crippen LogP contribution in [0.2, 0.25) is 10.0 Å². The second-order valence-corrected chi connectivity index (χ2v) is 6.02. The Morgan fingerprint density at radius 3 is 1.32 bits per heavy atom. The molecule has 0 amide bonds. The fraction of sp³-hybridized carbons (Fsp3) is 0. The first-order chi connectivity index (χ1) is 9.06. The average molecular weight is 307 g/mol. The molecule has 0 bridgehead atoms. The van der Waals surface area contributed by atoms with Crippen LogP contribution in [0.5, 0.6) is 0 Å². The van der Waals surface area contributed by atoms with Crippen molar-refractivity contribution in [3.05, 3.63) is 82.9 Å². The second kappa shape index (κ2) is 6.33. The zero-order chi connectivity index (χ0) is 13.8. The Morgan fingerprint density at radius 2 is 1.00 bits per heavy atom. The highest BCUT2D eigenvalue weighted by atomic mass is 35.5. The van der Waals surface area contributed by atoms with E-state index in [2.05, 4.69) is 13.2 Å². The molecule has 0 aliphatic heterocycles. The molecule has 0 saturated carbocycles. The molecule has 0 aromatic heterocycles. The van der Waals surface area contributed by atoms with Crippen molar-refractivity contribution in [3.63, 3.8) is 0 Å². The summed E-state index contributed by atoms with van der Waals surface area (Å²) in [6, 6.07) is 15.2. The summed E-state index contributed by atoms with van der Waals surface area (Å²) in [4.78, 5) is 1.88. The Balaban J connectivity index is 2.08. The largest absolute Gasteiger partial charge is 0.0901 e. The van der Waals surface area contributed by atoms with Gasteiger partial charge in [0.2, 0.25) is 0 Å². The standard InChI is InChI=1S/C16H12Cl2S/c1-11(13-3-7-15(17)8-4-13)19-12(2)14-5-9-16(18)10-6-14/h3-10H,1-2H2. The van der Waals surface area contributed by atoms with Crippen molar-refractivity contribution in [1.82, 2.24) is 0 Å². The Labute approximate surface area is 127 Å². The number of halogens is 2. The summed E-state index contributed by atoms with van der Waals surface area (Å²) in [6.45, 7) is 8.14. The van der Waals surface area contributed by atoms with Crippen molar-refractivity contribution >= 4 is 44.8 Å². The van der Waals surface area contributed by atoms with Crippen molar-refractivity contribution in [2.24, 2.45) is 0 Å². The van der Waals surface area contributed by atoms with Crippen molar-refractivity contribution < 1.29 is 0 Å². The van der Waals surface area contributed by atoms with E-state index in [1.165, 1.54) is 0 Å². The molecule has 0 heterocycles. The number of benzene rings is 2. The normalized spacial score (nSPS) is 10.2. The third-order valence-electron chi connectivity index (χ3n) is 2.58. The van der Waals surface area contributed by atoms with Gasteiger partial charge in [0.1, 0.15) is 0 Å². The van der Waals surface area contributed by atoms with Gasteiger partial charge in [-0.1, -0.05) is 72.4 Å². The molecular weight excluding hydrogens is 295 g/mol. The van der Waals surface area contributed by atoms with Crippen LogP contribution in [-0.4, -0.2) is 0 Å². The topological polar surface area (TPSA) is 0 Å². The van der Waals surface area contributed by atoms with Crippen LogP contribution in [0.3, 0.4) is 0 Å². The number of rotatable bonds is 4. The third-order valence-corrected chi connectivity index (χ3v) is 4.05. The van der Waals surface area contributed by atoms with Crippen molar-refractivity contribution in [2.75, 3.05) is 0 Å². The van der Waals surface area contributed by atoms with E-state index >= 15 is 0 Å². The maximum absolute atomic E-state index is 5.87. The van der Waals surface area contributed by atoms with E-state index in [1.807, 2.05) is 48.5 Å². The molecule has 0 unspecified atom stereocenters. The van der Waals surface area contributed by atoms with Gasteiger partial charge in [-0.2, -0.15) is 0 Å². The summed E-state index contributed by atoms with van der Waals surface area (Å²) in [5.74, 6) is 0. The molecule has 0 radical (unpaired) electrons. The molecule has 0 saturated heterocycles. The first-order valence-corrected chi connectivity index (χ1v) is 7.21. The summed E-state index contributed by atoms with van der Waals surface area (Å²) < 4.78 is 0. The molecule has 0 aliphatic rings. The van der Waals surface area contributed by atoms with Gasteiger partial charge < -0.3 is 0 Å². The summed E-state index contributed by atoms with van der Waals surface area (Å²) in [6.07, 6.45) is 0. The van der Waals surface area contributed by atoms with E-state index in [9.17, 15) is 0 Å². The summed E-state index contributed by atoms with van der Waals surface area (Å²) in [5.41, 5.74) is 2.09. The fourth-order valence-electron chi connectivity index (χ4n) is 1.54. The van der Waals surface area contributed by atoms with Crippen LogP contribution in [0, 0.1) is 0 Å². The van der Waals surface area contributed by atoms with E-state index in [-0.39, 0.29) is 0 Å². The Morgan fingerprint density at radius 1 is 0.684 bits per heavy atom. The molecule has 0 atom stereocenters. The van der Waals surface area contributed by atoms with Gasteiger partial charge >= 0.3 is 0 Å². The number of hydrogen-bond acceptors (Lipinski definition) is 1. The lowest BCUT2D eigenvalue weighted by Gasteiger charge is -2.09. The van der Waals surface area contributed by atoms with Crippen LogP contribution >= 0.6 is 35.0 Å². The van der Waals surface area contributed by atoms with Crippen LogP contribution in [0.1, 0.15) is 11.1 Å². The zero-order valence-corrected chi connectivity index (χ0v) is 12.5. The lowest BCUT2D eigenvalue weighted by atomic mass is 10.2. The Hall–Kier alpha value is -1.15. The van der Waals surface area contributed by atoms with Crippen molar-refractivity contribution in [3.8, 4) is 0 Å². The molecule has 0 N–H and O–H groups in total. The maximum atomic E-state index is 5.87. The highest BCUT2D eigenvalue weighted by molar-refractivity contribution is 8.16. The molecule has 2 aromatic rings. The first kappa shape index (κ1) is 14.3. The molecule has 0 fully saturated rings. The van der Waals surface area contributed by atoms with Crippen LogP contribution in [0.15, 0.2) is 61.7 Å². The maximum Gasteiger partial charge on any atom is 0.0406 e. The molecule has 3 heteroatoms. The minimum atomic E-state index is 0.720. The predicted octanol–water partition coefficient (Wildman–Crippen LogP) is 6.37. The predicted molar refractivity (Wildman–Crippen MR) is 88.6 cm³/mol. The number of thioether (sulfide) groups is 1. The highest BCUT2D eigenvalue weighted by Gasteiger charge is 2.05. The summed E-state index contributed by atoms with van der Waals surface area (Å²) >= 11 is 13.3. The highest BCUT2D eigenvalue weighted by Crippen LogP contribution is 2.37. The van der Waals surface area contributed by atoms with E-state index in [0.717, 1.165) is 31.0 Å². The van der Waals surface area contributed by atoms with Gasteiger partial charge in [0, 0.05) is 19.9 Å². The van der Waals surface area contributed by atoms with Gasteiger partial charge in [-0.3, -0.25) is 0 Å². The molecule has 19 heavy (non-hydrogen) atoms. The number of hydrogen-bond donors (Lipinski definition) is 0. The van der Waals surface area contributed by atoms with Crippen LogP contribution in [0.25, 0.3) is 9.81 Å². The van der Waals surface area contributed by atoms with Gasteiger partial charge in [0.15, 0.2) is 0 Å². The van der Waals surface area contributed by atoms with E-state index < -0.39 is 0 Å². The quantitative estimate of drug-likeness (QED) is 0.632. The Bertz CT molecular complexity index is 542. The van der Waals surface area contributed by atoms with Crippen LogP contribution in [-0.2, 0) is 0 Å². The van der Waals surface area contributed by atoms with Crippen LogP contribution in [0.4, 0.5) is 0 Å². The van der Waals surface area contributed by atoms with E-state index in [1.54, 1.807) is 11.8 Å². The zero-order valence-electron chi connectivity index (χ0n) is 10.2. The first-order valence-electron chi connectivity index (χ1n) is 5.64. The molecule has 2 aromatic carbocycles. The molecule has 0 spiro atoms. The third kappa shape index (κ3) is 3.90. The molecule has 96 valence electrons. The second-order valence-electron chi connectivity index (χ2n) is 3.96. The fourth-order valence-corrected chi connectivity index (χ4v) is 2.60. The van der Waals surface area contributed by atoms with Gasteiger partial charge in [-0.05, 0) is 35.4 Å². The molecule has 0 aliphatic carbocycles. The van der Waals surface area contributed by atoms with Crippen molar-refractivity contribution in [2.45, 2.75) is 0 Å². The summed E-state index contributed by atoms with van der Waals surface area (Å²) in [5, 5.41) is 1.44. The van der Waals surface area contributed by atoms with Gasteiger partial charge in [-0.15, -0.1) is 0 Å². The van der Waals surface area contributed by atoms with Crippen LogP contribution < -0.4 is 0 Å². The summed E-state index contributed by atoms with van der Waals surface area (Å²) in [7, 11) is 0.